The molecule has 0 radical (unpaired) electrons. The van der Waals surface area contributed by atoms with Crippen LogP contribution in [0.5, 0.6) is 5.75 Å². The molecule has 0 aliphatic heterocycles. The monoisotopic (exact) mass is 413 g/mol. The maximum atomic E-state index is 12.0. The van der Waals surface area contributed by atoms with Gasteiger partial charge in [0, 0.05) is 26.7 Å². The van der Waals surface area contributed by atoms with E-state index in [9.17, 15) is 4.79 Å². The van der Waals surface area contributed by atoms with Crippen LogP contribution < -0.4 is 10.1 Å². The van der Waals surface area contributed by atoms with Gasteiger partial charge in [0.1, 0.15) is 5.75 Å². The zero-order valence-corrected chi connectivity index (χ0v) is 15.7. The van der Waals surface area contributed by atoms with Crippen molar-refractivity contribution in [2.24, 2.45) is 0 Å². The molecule has 0 spiro atoms. The largest absolute Gasteiger partial charge is 0.481 e. The van der Waals surface area contributed by atoms with Crippen molar-refractivity contribution < 1.29 is 9.53 Å². The second kappa shape index (κ2) is 9.21. The first-order valence-electron chi connectivity index (χ1n) is 7.13. The van der Waals surface area contributed by atoms with Crippen molar-refractivity contribution in [3.05, 3.63) is 58.0 Å². The van der Waals surface area contributed by atoms with Crippen molar-refractivity contribution in [2.75, 3.05) is 12.3 Å². The number of hydrogen-bond acceptors (Lipinski definition) is 3. The molecule has 1 N–H and O–H groups in total. The van der Waals surface area contributed by atoms with Gasteiger partial charge in [0.25, 0.3) is 5.91 Å². The molecule has 3 nitrogen and oxygen atoms in total. The zero-order chi connectivity index (χ0) is 16.7. The average molecular weight is 415 g/mol. The number of ether oxygens (including phenoxy) is 1. The van der Waals surface area contributed by atoms with Crippen LogP contribution >= 0.6 is 39.3 Å². The molecule has 0 bridgehead atoms. The van der Waals surface area contributed by atoms with Crippen molar-refractivity contribution in [1.82, 2.24) is 5.32 Å². The number of benzene rings is 2. The fourth-order valence-corrected chi connectivity index (χ4v) is 2.95. The van der Waals surface area contributed by atoms with Gasteiger partial charge in [-0.15, -0.1) is 11.8 Å². The maximum Gasteiger partial charge on any atom is 0.260 e. The van der Waals surface area contributed by atoms with E-state index in [1.54, 1.807) is 18.7 Å². The van der Waals surface area contributed by atoms with Crippen LogP contribution in [0.25, 0.3) is 0 Å². The summed E-state index contributed by atoms with van der Waals surface area (Å²) < 4.78 is 6.58. The van der Waals surface area contributed by atoms with Crippen molar-refractivity contribution in [3.8, 4) is 5.75 Å². The second-order valence-corrected chi connectivity index (χ2v) is 7.33. The Balaban J connectivity index is 1.69. The third-order valence-corrected chi connectivity index (χ3v) is 4.77. The first kappa shape index (κ1) is 18.2. The summed E-state index contributed by atoms with van der Waals surface area (Å²) in [5, 5.41) is 3.60. The molecular formula is C17H17BrClNO2S. The lowest BCUT2D eigenvalue weighted by atomic mass is 10.3. The molecule has 0 heterocycles. The van der Waals surface area contributed by atoms with E-state index < -0.39 is 6.10 Å². The fourth-order valence-electron chi connectivity index (χ4n) is 1.79. The number of thioether (sulfide) groups is 1. The van der Waals surface area contributed by atoms with E-state index in [-0.39, 0.29) is 5.91 Å². The Bertz CT molecular complexity index is 634. The van der Waals surface area contributed by atoms with Gasteiger partial charge in [0.15, 0.2) is 6.10 Å². The number of halogens is 2. The Kier molecular flexibility index (Phi) is 7.27. The molecule has 0 fully saturated rings. The quantitative estimate of drug-likeness (QED) is 0.523. The van der Waals surface area contributed by atoms with Gasteiger partial charge in [-0.3, -0.25) is 4.79 Å². The third-order valence-electron chi connectivity index (χ3n) is 2.98. The van der Waals surface area contributed by atoms with Gasteiger partial charge < -0.3 is 10.1 Å². The number of amides is 1. The van der Waals surface area contributed by atoms with E-state index in [4.69, 9.17) is 16.3 Å². The highest BCUT2D eigenvalue weighted by Crippen LogP contribution is 2.20. The summed E-state index contributed by atoms with van der Waals surface area (Å²) in [4.78, 5) is 13.1. The van der Waals surface area contributed by atoms with Crippen LogP contribution in [0.2, 0.25) is 5.02 Å². The summed E-state index contributed by atoms with van der Waals surface area (Å²) >= 11 is 10.9. The zero-order valence-electron chi connectivity index (χ0n) is 12.6. The van der Waals surface area contributed by atoms with E-state index in [0.29, 0.717) is 12.3 Å². The minimum absolute atomic E-state index is 0.121. The predicted molar refractivity (Wildman–Crippen MR) is 99.4 cm³/mol. The molecule has 0 unspecified atom stereocenters. The Hall–Kier alpha value is -1.17. The van der Waals surface area contributed by atoms with Gasteiger partial charge in [-0.05, 0) is 55.5 Å². The van der Waals surface area contributed by atoms with Crippen LogP contribution in [-0.2, 0) is 4.79 Å². The SMILES string of the molecule is C[C@H](Oc1ccc(Br)cc1)C(=O)NCCSc1ccc(Cl)cc1. The molecular weight excluding hydrogens is 398 g/mol. The summed E-state index contributed by atoms with van der Waals surface area (Å²) in [5.41, 5.74) is 0. The van der Waals surface area contributed by atoms with E-state index in [1.165, 1.54) is 0 Å². The molecule has 2 aromatic carbocycles. The van der Waals surface area contributed by atoms with E-state index in [2.05, 4.69) is 21.2 Å². The Morgan fingerprint density at radius 3 is 2.52 bits per heavy atom. The molecule has 122 valence electrons. The number of nitrogens with one attached hydrogen (secondary N) is 1. The van der Waals surface area contributed by atoms with Crippen LogP contribution in [0.4, 0.5) is 0 Å². The molecule has 6 heteroatoms. The molecule has 0 aliphatic carbocycles. The van der Waals surface area contributed by atoms with Crippen molar-refractivity contribution in [2.45, 2.75) is 17.9 Å². The second-order valence-electron chi connectivity index (χ2n) is 4.81. The molecule has 1 atom stereocenters. The number of carbonyl (C=O) groups is 1. The highest BCUT2D eigenvalue weighted by atomic mass is 79.9. The topological polar surface area (TPSA) is 38.3 Å². The van der Waals surface area contributed by atoms with Gasteiger partial charge in [0.05, 0.1) is 0 Å². The standard InChI is InChI=1S/C17H17BrClNO2S/c1-12(22-15-6-2-13(18)3-7-15)17(21)20-10-11-23-16-8-4-14(19)5-9-16/h2-9,12H,10-11H2,1H3,(H,20,21)/t12-/m0/s1. The molecule has 0 aromatic heterocycles. The lowest BCUT2D eigenvalue weighted by Crippen LogP contribution is -2.37. The Morgan fingerprint density at radius 1 is 1.22 bits per heavy atom. The summed E-state index contributed by atoms with van der Waals surface area (Å²) in [5.74, 6) is 1.34. The number of carbonyl (C=O) groups excluding carboxylic acids is 1. The first-order valence-corrected chi connectivity index (χ1v) is 9.28. The van der Waals surface area contributed by atoms with E-state index >= 15 is 0 Å². The van der Waals surface area contributed by atoms with Crippen LogP contribution in [0.1, 0.15) is 6.92 Å². The third kappa shape index (κ3) is 6.45. The number of rotatable bonds is 7. The molecule has 0 aliphatic rings. The van der Waals surface area contributed by atoms with Gasteiger partial charge in [-0.2, -0.15) is 0 Å². The summed E-state index contributed by atoms with van der Waals surface area (Å²) in [6, 6.07) is 15.1. The minimum atomic E-state index is -0.531. The fraction of sp³-hybridized carbons (Fsp3) is 0.235. The summed E-state index contributed by atoms with van der Waals surface area (Å²) in [6.07, 6.45) is -0.531. The minimum Gasteiger partial charge on any atom is -0.481 e. The van der Waals surface area contributed by atoms with Gasteiger partial charge in [-0.25, -0.2) is 0 Å². The highest BCUT2D eigenvalue weighted by Gasteiger charge is 2.13. The number of hydrogen-bond donors (Lipinski definition) is 1. The van der Waals surface area contributed by atoms with Crippen LogP contribution in [-0.4, -0.2) is 24.3 Å². The van der Waals surface area contributed by atoms with Crippen LogP contribution in [0.3, 0.4) is 0 Å². The molecule has 23 heavy (non-hydrogen) atoms. The van der Waals surface area contributed by atoms with E-state index in [0.717, 1.165) is 20.1 Å². The van der Waals surface area contributed by atoms with Crippen molar-refractivity contribution in [1.29, 1.82) is 0 Å². The summed E-state index contributed by atoms with van der Waals surface area (Å²) in [6.45, 7) is 2.32. The van der Waals surface area contributed by atoms with Gasteiger partial charge >= 0.3 is 0 Å². The molecule has 1 amide bonds. The van der Waals surface area contributed by atoms with Crippen LogP contribution in [0.15, 0.2) is 57.9 Å². The Labute approximate surface area is 153 Å². The lowest BCUT2D eigenvalue weighted by molar-refractivity contribution is -0.127. The van der Waals surface area contributed by atoms with Crippen LogP contribution in [0, 0.1) is 0 Å². The molecule has 2 rings (SSSR count). The normalized spacial score (nSPS) is 11.8. The summed E-state index contributed by atoms with van der Waals surface area (Å²) in [7, 11) is 0. The van der Waals surface area contributed by atoms with E-state index in [1.807, 2.05) is 48.5 Å². The van der Waals surface area contributed by atoms with Crippen molar-refractivity contribution in [3.63, 3.8) is 0 Å². The highest BCUT2D eigenvalue weighted by molar-refractivity contribution is 9.10. The molecule has 2 aromatic rings. The Morgan fingerprint density at radius 2 is 1.87 bits per heavy atom. The first-order chi connectivity index (χ1) is 11.0. The predicted octanol–water partition coefficient (Wildman–Crippen LogP) is 4.78. The molecule has 0 saturated heterocycles. The smallest absolute Gasteiger partial charge is 0.260 e. The van der Waals surface area contributed by atoms with Gasteiger partial charge in [-0.1, -0.05) is 27.5 Å². The molecule has 0 saturated carbocycles. The van der Waals surface area contributed by atoms with Gasteiger partial charge in [0.2, 0.25) is 0 Å². The lowest BCUT2D eigenvalue weighted by Gasteiger charge is -2.14. The average Bonchev–Trinajstić information content (AvgIpc) is 2.55. The maximum absolute atomic E-state index is 12.0. The van der Waals surface area contributed by atoms with Crippen molar-refractivity contribution >= 4 is 45.2 Å².